The number of nitrogens with zero attached hydrogens (tertiary/aromatic N) is 3. The van der Waals surface area contributed by atoms with Crippen molar-refractivity contribution in [3.8, 4) is 5.69 Å². The molecule has 0 saturated carbocycles. The van der Waals surface area contributed by atoms with Gasteiger partial charge in [-0.05, 0) is 43.2 Å². The maximum absolute atomic E-state index is 13.2. The second-order valence-corrected chi connectivity index (χ2v) is 8.50. The molecule has 0 aliphatic carbocycles. The second kappa shape index (κ2) is 8.81. The van der Waals surface area contributed by atoms with E-state index in [0.717, 1.165) is 17.8 Å². The number of anilines is 1. The molecule has 0 saturated heterocycles. The maximum Gasteiger partial charge on any atom is 0.266 e. The zero-order valence-electron chi connectivity index (χ0n) is 16.6. The van der Waals surface area contributed by atoms with Gasteiger partial charge in [-0.2, -0.15) is 0 Å². The van der Waals surface area contributed by atoms with Crippen molar-refractivity contribution in [2.75, 3.05) is 11.1 Å². The van der Waals surface area contributed by atoms with E-state index in [-0.39, 0.29) is 17.2 Å². The summed E-state index contributed by atoms with van der Waals surface area (Å²) < 4.78 is 1.58. The van der Waals surface area contributed by atoms with Gasteiger partial charge in [0.05, 0.1) is 28.0 Å². The number of thiazole rings is 1. The van der Waals surface area contributed by atoms with Gasteiger partial charge in [0, 0.05) is 5.38 Å². The van der Waals surface area contributed by atoms with Crippen molar-refractivity contribution in [3.05, 3.63) is 75.5 Å². The highest BCUT2D eigenvalue weighted by molar-refractivity contribution is 7.99. The Morgan fingerprint density at radius 1 is 1.13 bits per heavy atom. The Labute approximate surface area is 182 Å². The molecule has 30 heavy (non-hydrogen) atoms. The smallest absolute Gasteiger partial charge is 0.266 e. The minimum atomic E-state index is -0.190. The second-order valence-electron chi connectivity index (χ2n) is 6.70. The van der Waals surface area contributed by atoms with Gasteiger partial charge in [-0.3, -0.25) is 14.2 Å². The quantitative estimate of drug-likeness (QED) is 0.357. The number of thioether (sulfide) groups is 1. The van der Waals surface area contributed by atoms with Gasteiger partial charge in [0.25, 0.3) is 5.56 Å². The van der Waals surface area contributed by atoms with Crippen LogP contribution in [0.1, 0.15) is 18.2 Å². The molecule has 0 radical (unpaired) electrons. The van der Waals surface area contributed by atoms with Crippen LogP contribution >= 0.6 is 23.1 Å². The Morgan fingerprint density at radius 3 is 2.60 bits per heavy atom. The molecule has 0 aliphatic rings. The third-order valence-corrected chi connectivity index (χ3v) is 6.36. The molecule has 0 bridgehead atoms. The van der Waals surface area contributed by atoms with Crippen molar-refractivity contribution in [2.45, 2.75) is 25.4 Å². The Hall–Kier alpha value is -2.97. The molecular weight excluding hydrogens is 416 g/mol. The Morgan fingerprint density at radius 2 is 1.90 bits per heavy atom. The highest BCUT2D eigenvalue weighted by Crippen LogP contribution is 2.22. The highest BCUT2D eigenvalue weighted by atomic mass is 32.2. The van der Waals surface area contributed by atoms with Gasteiger partial charge in [-0.1, -0.05) is 43.0 Å². The maximum atomic E-state index is 13.2. The number of amides is 1. The van der Waals surface area contributed by atoms with Crippen molar-refractivity contribution in [3.63, 3.8) is 0 Å². The number of para-hydroxylation sites is 1. The molecule has 0 unspecified atom stereocenters. The largest absolute Gasteiger partial charge is 0.301 e. The van der Waals surface area contributed by atoms with Crippen molar-refractivity contribution in [1.29, 1.82) is 0 Å². The van der Waals surface area contributed by atoms with Crippen LogP contribution < -0.4 is 10.9 Å². The summed E-state index contributed by atoms with van der Waals surface area (Å²) >= 11 is 2.62. The lowest BCUT2D eigenvalue weighted by molar-refractivity contribution is -0.113. The van der Waals surface area contributed by atoms with Crippen molar-refractivity contribution in [2.24, 2.45) is 0 Å². The van der Waals surface area contributed by atoms with Crippen LogP contribution in [0, 0.1) is 6.92 Å². The molecule has 2 heterocycles. The van der Waals surface area contributed by atoms with Gasteiger partial charge in [-0.25, -0.2) is 9.97 Å². The summed E-state index contributed by atoms with van der Waals surface area (Å²) in [5, 5.41) is 6.26. The lowest BCUT2D eigenvalue weighted by Gasteiger charge is -2.13. The third kappa shape index (κ3) is 4.29. The third-order valence-electron chi connectivity index (χ3n) is 4.55. The molecule has 6 nitrogen and oxygen atoms in total. The summed E-state index contributed by atoms with van der Waals surface area (Å²) in [6, 6.07) is 15.1. The number of nitrogens with one attached hydrogen (secondary N) is 1. The van der Waals surface area contributed by atoms with Crippen molar-refractivity contribution < 1.29 is 4.79 Å². The molecule has 0 atom stereocenters. The van der Waals surface area contributed by atoms with Gasteiger partial charge in [0.15, 0.2) is 10.3 Å². The van der Waals surface area contributed by atoms with Crippen LogP contribution in [0.25, 0.3) is 16.6 Å². The summed E-state index contributed by atoms with van der Waals surface area (Å²) in [6.07, 6.45) is 0.920. The summed E-state index contributed by atoms with van der Waals surface area (Å²) in [7, 11) is 0. The molecule has 152 valence electrons. The number of aromatic nitrogens is 3. The summed E-state index contributed by atoms with van der Waals surface area (Å²) in [5.41, 5.74) is 3.25. The zero-order chi connectivity index (χ0) is 21.1. The minimum Gasteiger partial charge on any atom is -0.301 e. The summed E-state index contributed by atoms with van der Waals surface area (Å²) in [4.78, 5) is 34.6. The van der Waals surface area contributed by atoms with E-state index in [0.29, 0.717) is 21.2 Å². The monoisotopic (exact) mass is 436 g/mol. The van der Waals surface area contributed by atoms with Crippen LogP contribution in [-0.2, 0) is 11.2 Å². The van der Waals surface area contributed by atoms with E-state index in [4.69, 9.17) is 0 Å². The minimum absolute atomic E-state index is 0.121. The van der Waals surface area contributed by atoms with Crippen LogP contribution in [0.2, 0.25) is 0 Å². The number of fused-ring (bicyclic) bond motifs is 1. The molecule has 0 aliphatic heterocycles. The first kappa shape index (κ1) is 20.3. The summed E-state index contributed by atoms with van der Waals surface area (Å²) in [6.45, 7) is 3.96. The lowest BCUT2D eigenvalue weighted by atomic mass is 10.1. The van der Waals surface area contributed by atoms with Crippen molar-refractivity contribution >= 4 is 45.0 Å². The predicted octanol–water partition coefficient (Wildman–Crippen LogP) is 4.44. The van der Waals surface area contributed by atoms with Crippen LogP contribution in [0.5, 0.6) is 0 Å². The summed E-state index contributed by atoms with van der Waals surface area (Å²) in [5.74, 6) is -0.0687. The SMILES string of the molecule is CCc1ccc(-n2c(SCC(=O)Nc3nc(C)cs3)nc3ccccc3c2=O)cc1. The van der Waals surface area contributed by atoms with Crippen LogP contribution in [-0.4, -0.2) is 26.2 Å². The van der Waals surface area contributed by atoms with Gasteiger partial charge in [-0.15, -0.1) is 11.3 Å². The fraction of sp³-hybridized carbons (Fsp3) is 0.182. The lowest BCUT2D eigenvalue weighted by Crippen LogP contribution is -2.23. The van der Waals surface area contributed by atoms with Gasteiger partial charge >= 0.3 is 0 Å². The zero-order valence-corrected chi connectivity index (χ0v) is 18.2. The molecule has 8 heteroatoms. The number of hydrogen-bond acceptors (Lipinski definition) is 6. The van der Waals surface area contributed by atoms with Gasteiger partial charge in [0.1, 0.15) is 0 Å². The standard InChI is InChI=1S/C22H20N4O2S2/c1-3-15-8-10-16(11-9-15)26-20(28)17-6-4-5-7-18(17)24-22(26)30-13-19(27)25-21-23-14(2)12-29-21/h4-12H,3,13H2,1-2H3,(H,23,25,27). The van der Waals surface area contributed by atoms with E-state index in [2.05, 4.69) is 22.2 Å². The fourth-order valence-corrected chi connectivity index (χ4v) is 4.53. The van der Waals surface area contributed by atoms with Crippen LogP contribution in [0.4, 0.5) is 5.13 Å². The first-order valence-electron chi connectivity index (χ1n) is 9.51. The first-order valence-corrected chi connectivity index (χ1v) is 11.4. The molecular formula is C22H20N4O2S2. The molecule has 4 rings (SSSR count). The molecule has 4 aromatic rings. The molecule has 2 aromatic carbocycles. The van der Waals surface area contributed by atoms with Gasteiger partial charge in [0.2, 0.25) is 5.91 Å². The fourth-order valence-electron chi connectivity index (χ4n) is 3.01. The number of rotatable bonds is 6. The van der Waals surface area contributed by atoms with E-state index in [1.165, 1.54) is 28.7 Å². The average Bonchev–Trinajstić information content (AvgIpc) is 3.17. The topological polar surface area (TPSA) is 76.9 Å². The molecule has 1 amide bonds. The number of carbonyl (C=O) groups excluding carboxylic acids is 1. The number of aryl methyl sites for hydroxylation is 2. The molecule has 2 aromatic heterocycles. The average molecular weight is 437 g/mol. The Kier molecular flexibility index (Phi) is 5.96. The van der Waals surface area contributed by atoms with Gasteiger partial charge < -0.3 is 5.32 Å². The predicted molar refractivity (Wildman–Crippen MR) is 123 cm³/mol. The normalized spacial score (nSPS) is 11.0. The van der Waals surface area contributed by atoms with Crippen molar-refractivity contribution in [1.82, 2.24) is 14.5 Å². The van der Waals surface area contributed by atoms with E-state index in [1.807, 2.05) is 54.8 Å². The van der Waals surface area contributed by atoms with Crippen LogP contribution in [0.15, 0.2) is 63.9 Å². The van der Waals surface area contributed by atoms with E-state index < -0.39 is 0 Å². The Bertz CT molecular complexity index is 1260. The van der Waals surface area contributed by atoms with E-state index in [1.54, 1.807) is 10.6 Å². The number of hydrogen-bond donors (Lipinski definition) is 1. The van der Waals surface area contributed by atoms with E-state index >= 15 is 0 Å². The number of benzene rings is 2. The first-order chi connectivity index (χ1) is 14.5. The Balaban J connectivity index is 1.68. The van der Waals surface area contributed by atoms with E-state index in [9.17, 15) is 9.59 Å². The molecule has 0 fully saturated rings. The van der Waals surface area contributed by atoms with Crippen LogP contribution in [0.3, 0.4) is 0 Å². The number of carbonyl (C=O) groups is 1. The highest BCUT2D eigenvalue weighted by Gasteiger charge is 2.15. The molecule has 0 spiro atoms. The molecule has 1 N–H and O–H groups in total.